The Bertz CT molecular complexity index is 182. The lowest BCUT2D eigenvalue weighted by molar-refractivity contribution is 0.0863. The number of nitrogens with two attached hydrogens (primary N) is 1. The van der Waals surface area contributed by atoms with E-state index in [1.165, 1.54) is 26.2 Å². The standard InChI is InChI=1S/C12H27N3/c1-10(2)12(7-13)9-15-6-5-14(4)11(3)8-15/h10-12H,5-9,13H2,1-4H3. The summed E-state index contributed by atoms with van der Waals surface area (Å²) in [4.78, 5) is 5.01. The first-order chi connectivity index (χ1) is 7.04. The summed E-state index contributed by atoms with van der Waals surface area (Å²) < 4.78 is 0. The van der Waals surface area contributed by atoms with Crippen LogP contribution in [0.2, 0.25) is 0 Å². The molecule has 0 aromatic heterocycles. The van der Waals surface area contributed by atoms with Crippen LogP contribution in [0.15, 0.2) is 0 Å². The zero-order chi connectivity index (χ0) is 11.4. The summed E-state index contributed by atoms with van der Waals surface area (Å²) in [5.41, 5.74) is 5.82. The summed E-state index contributed by atoms with van der Waals surface area (Å²) in [5.74, 6) is 1.35. The summed E-state index contributed by atoms with van der Waals surface area (Å²) in [6.45, 7) is 12.4. The van der Waals surface area contributed by atoms with E-state index in [1.807, 2.05) is 0 Å². The number of likely N-dealkylation sites (N-methyl/N-ethyl adjacent to an activating group) is 1. The molecule has 2 atom stereocenters. The Balaban J connectivity index is 2.38. The minimum atomic E-state index is 0.653. The van der Waals surface area contributed by atoms with Crippen molar-refractivity contribution in [3.63, 3.8) is 0 Å². The molecule has 0 bridgehead atoms. The Morgan fingerprint density at radius 2 is 2.00 bits per heavy atom. The molecular formula is C12H27N3. The highest BCUT2D eigenvalue weighted by atomic mass is 15.3. The Kier molecular flexibility index (Phi) is 5.03. The van der Waals surface area contributed by atoms with E-state index in [4.69, 9.17) is 5.73 Å². The van der Waals surface area contributed by atoms with Crippen LogP contribution in [0.25, 0.3) is 0 Å². The van der Waals surface area contributed by atoms with Gasteiger partial charge in [-0.1, -0.05) is 13.8 Å². The van der Waals surface area contributed by atoms with E-state index in [-0.39, 0.29) is 0 Å². The Morgan fingerprint density at radius 3 is 2.47 bits per heavy atom. The van der Waals surface area contributed by atoms with Crippen LogP contribution in [0.4, 0.5) is 0 Å². The van der Waals surface area contributed by atoms with E-state index >= 15 is 0 Å². The van der Waals surface area contributed by atoms with Crippen molar-refractivity contribution in [1.29, 1.82) is 0 Å². The van der Waals surface area contributed by atoms with Gasteiger partial charge >= 0.3 is 0 Å². The van der Waals surface area contributed by atoms with E-state index in [0.717, 1.165) is 6.54 Å². The van der Waals surface area contributed by atoms with Gasteiger partial charge in [-0.2, -0.15) is 0 Å². The van der Waals surface area contributed by atoms with Crippen molar-refractivity contribution in [2.75, 3.05) is 39.8 Å². The highest BCUT2D eigenvalue weighted by Gasteiger charge is 2.23. The second-order valence-corrected chi connectivity index (χ2v) is 5.33. The lowest BCUT2D eigenvalue weighted by Gasteiger charge is -2.39. The molecule has 15 heavy (non-hydrogen) atoms. The average Bonchev–Trinajstić information content (AvgIpc) is 2.19. The molecule has 0 spiro atoms. The van der Waals surface area contributed by atoms with Crippen molar-refractivity contribution in [1.82, 2.24) is 9.80 Å². The summed E-state index contributed by atoms with van der Waals surface area (Å²) in [6.07, 6.45) is 0. The lowest BCUT2D eigenvalue weighted by atomic mass is 9.95. The molecule has 0 radical (unpaired) electrons. The molecule has 90 valence electrons. The number of hydrogen-bond donors (Lipinski definition) is 1. The summed E-state index contributed by atoms with van der Waals surface area (Å²) in [6, 6.07) is 0.685. The monoisotopic (exact) mass is 213 g/mol. The Hall–Kier alpha value is -0.120. The smallest absolute Gasteiger partial charge is 0.0192 e. The van der Waals surface area contributed by atoms with Crippen LogP contribution in [-0.2, 0) is 0 Å². The molecule has 0 aromatic carbocycles. The van der Waals surface area contributed by atoms with Gasteiger partial charge in [-0.3, -0.25) is 0 Å². The van der Waals surface area contributed by atoms with Gasteiger partial charge in [0.25, 0.3) is 0 Å². The molecule has 1 saturated heterocycles. The Morgan fingerprint density at radius 1 is 1.33 bits per heavy atom. The fourth-order valence-corrected chi connectivity index (χ4v) is 2.18. The molecule has 1 fully saturated rings. The minimum absolute atomic E-state index is 0.653. The highest BCUT2D eigenvalue weighted by molar-refractivity contribution is 4.79. The van der Waals surface area contributed by atoms with Gasteiger partial charge in [-0.25, -0.2) is 0 Å². The molecule has 2 unspecified atom stereocenters. The maximum atomic E-state index is 5.82. The molecule has 1 heterocycles. The van der Waals surface area contributed by atoms with Crippen molar-refractivity contribution in [3.05, 3.63) is 0 Å². The predicted octanol–water partition coefficient (Wildman–Crippen LogP) is 0.853. The van der Waals surface area contributed by atoms with Crippen molar-refractivity contribution in [2.24, 2.45) is 17.6 Å². The fourth-order valence-electron chi connectivity index (χ4n) is 2.18. The first kappa shape index (κ1) is 12.9. The average molecular weight is 213 g/mol. The van der Waals surface area contributed by atoms with Crippen LogP contribution < -0.4 is 5.73 Å². The van der Waals surface area contributed by atoms with E-state index in [0.29, 0.717) is 17.9 Å². The van der Waals surface area contributed by atoms with Crippen LogP contribution >= 0.6 is 0 Å². The van der Waals surface area contributed by atoms with E-state index in [9.17, 15) is 0 Å². The van der Waals surface area contributed by atoms with Gasteiger partial charge in [0.05, 0.1) is 0 Å². The fraction of sp³-hybridized carbons (Fsp3) is 1.00. The number of hydrogen-bond acceptors (Lipinski definition) is 3. The molecular weight excluding hydrogens is 186 g/mol. The quantitative estimate of drug-likeness (QED) is 0.751. The van der Waals surface area contributed by atoms with Crippen molar-refractivity contribution >= 4 is 0 Å². The summed E-state index contributed by atoms with van der Waals surface area (Å²) in [5, 5.41) is 0. The molecule has 2 N–H and O–H groups in total. The molecule has 1 aliphatic heterocycles. The van der Waals surface area contributed by atoms with Gasteiger partial charge in [0.2, 0.25) is 0 Å². The minimum Gasteiger partial charge on any atom is -0.330 e. The van der Waals surface area contributed by atoms with Crippen molar-refractivity contribution < 1.29 is 0 Å². The molecule has 0 saturated carbocycles. The topological polar surface area (TPSA) is 32.5 Å². The second-order valence-electron chi connectivity index (χ2n) is 5.33. The van der Waals surface area contributed by atoms with Crippen molar-refractivity contribution in [3.8, 4) is 0 Å². The second kappa shape index (κ2) is 5.83. The normalized spacial score (nSPS) is 27.2. The third-order valence-corrected chi connectivity index (χ3v) is 3.78. The maximum absolute atomic E-state index is 5.82. The highest BCUT2D eigenvalue weighted by Crippen LogP contribution is 2.14. The third kappa shape index (κ3) is 3.74. The van der Waals surface area contributed by atoms with E-state index in [2.05, 4.69) is 37.6 Å². The van der Waals surface area contributed by atoms with Gasteiger partial charge in [-0.05, 0) is 32.4 Å². The zero-order valence-electron chi connectivity index (χ0n) is 10.7. The Labute approximate surface area is 94.6 Å². The first-order valence-corrected chi connectivity index (χ1v) is 6.17. The molecule has 3 heteroatoms. The van der Waals surface area contributed by atoms with Gasteiger partial charge in [0, 0.05) is 32.2 Å². The van der Waals surface area contributed by atoms with Gasteiger partial charge < -0.3 is 15.5 Å². The first-order valence-electron chi connectivity index (χ1n) is 6.17. The third-order valence-electron chi connectivity index (χ3n) is 3.78. The van der Waals surface area contributed by atoms with E-state index < -0.39 is 0 Å². The molecule has 1 aliphatic rings. The van der Waals surface area contributed by atoms with Crippen LogP contribution in [0, 0.1) is 11.8 Å². The predicted molar refractivity (Wildman–Crippen MR) is 65.9 cm³/mol. The summed E-state index contributed by atoms with van der Waals surface area (Å²) in [7, 11) is 2.21. The van der Waals surface area contributed by atoms with Crippen LogP contribution in [0.3, 0.4) is 0 Å². The summed E-state index contributed by atoms with van der Waals surface area (Å²) >= 11 is 0. The van der Waals surface area contributed by atoms with Crippen LogP contribution in [0.1, 0.15) is 20.8 Å². The van der Waals surface area contributed by atoms with Crippen molar-refractivity contribution in [2.45, 2.75) is 26.8 Å². The number of nitrogens with zero attached hydrogens (tertiary/aromatic N) is 2. The largest absolute Gasteiger partial charge is 0.330 e. The lowest BCUT2D eigenvalue weighted by Crippen LogP contribution is -2.52. The molecule has 1 rings (SSSR count). The molecule has 0 aliphatic carbocycles. The van der Waals surface area contributed by atoms with Gasteiger partial charge in [0.1, 0.15) is 0 Å². The molecule has 3 nitrogen and oxygen atoms in total. The van der Waals surface area contributed by atoms with Crippen LogP contribution in [-0.4, -0.2) is 55.6 Å². The number of piperazine rings is 1. The van der Waals surface area contributed by atoms with E-state index in [1.54, 1.807) is 0 Å². The molecule has 0 aromatic rings. The SMILES string of the molecule is CC(C)C(CN)CN1CCN(C)C(C)C1. The zero-order valence-corrected chi connectivity index (χ0v) is 10.7. The number of rotatable bonds is 4. The maximum Gasteiger partial charge on any atom is 0.0192 e. The molecule has 0 amide bonds. The van der Waals surface area contributed by atoms with Crippen LogP contribution in [0.5, 0.6) is 0 Å². The van der Waals surface area contributed by atoms with Gasteiger partial charge in [-0.15, -0.1) is 0 Å². The van der Waals surface area contributed by atoms with Gasteiger partial charge in [0.15, 0.2) is 0 Å².